The summed E-state index contributed by atoms with van der Waals surface area (Å²) in [5.41, 5.74) is 6.89. The lowest BCUT2D eigenvalue weighted by Crippen LogP contribution is -2.32. The van der Waals surface area contributed by atoms with Crippen molar-refractivity contribution in [2.75, 3.05) is 12.8 Å². The van der Waals surface area contributed by atoms with Gasteiger partial charge in [-0.1, -0.05) is 0 Å². The van der Waals surface area contributed by atoms with Gasteiger partial charge in [0.2, 0.25) is 0 Å². The minimum atomic E-state index is -4.48. The summed E-state index contributed by atoms with van der Waals surface area (Å²) in [7, 11) is -1.14. The maximum Gasteiger partial charge on any atom is 0.353 e. The summed E-state index contributed by atoms with van der Waals surface area (Å²) in [6, 6.07) is 6.94. The summed E-state index contributed by atoms with van der Waals surface area (Å²) >= 11 is 0. The van der Waals surface area contributed by atoms with Crippen LogP contribution in [0.25, 0.3) is 11.3 Å². The number of nitrogens with one attached hydrogen (secondary N) is 1. The molecule has 20 heavy (non-hydrogen) atoms. The summed E-state index contributed by atoms with van der Waals surface area (Å²) in [4.78, 5) is 2.87. The molecule has 1 aromatic heterocycles. The standard InChI is InChI=1S/C11H13N3O4S2/c1-14-10(19-20(15,16)17)9(13-11(14)12)7-3-5-8(18-2)6-4-7/h3-6H,1-2H3,(H3,12,13,15,16,17). The van der Waals surface area contributed by atoms with E-state index in [2.05, 4.69) is 4.98 Å². The number of nitrogens with zero attached hydrogens (tertiary/aromatic N) is 1. The molecule has 0 saturated heterocycles. The van der Waals surface area contributed by atoms with Gasteiger partial charge in [0, 0.05) is 16.4 Å². The first kappa shape index (κ1) is 14.7. The zero-order chi connectivity index (χ0) is 14.9. The molecule has 108 valence electrons. The Morgan fingerprint density at radius 1 is 1.35 bits per heavy atom. The zero-order valence-corrected chi connectivity index (χ0v) is 12.4. The van der Waals surface area contributed by atoms with E-state index in [1.165, 1.54) is 4.57 Å². The van der Waals surface area contributed by atoms with Crippen molar-refractivity contribution in [2.45, 2.75) is 5.03 Å². The van der Waals surface area contributed by atoms with Gasteiger partial charge in [-0.2, -0.15) is 0 Å². The second-order valence-corrected chi connectivity index (χ2v) is 7.06. The molecule has 0 fully saturated rings. The van der Waals surface area contributed by atoms with E-state index < -0.39 is 9.15 Å². The normalized spacial score (nSPS) is 11.6. The Bertz CT molecular complexity index is 723. The fraction of sp³-hybridized carbons (Fsp3) is 0.182. The van der Waals surface area contributed by atoms with Crippen molar-refractivity contribution in [1.82, 2.24) is 4.98 Å². The van der Waals surface area contributed by atoms with Gasteiger partial charge < -0.3 is 9.29 Å². The van der Waals surface area contributed by atoms with E-state index in [0.29, 0.717) is 17.0 Å². The molecule has 0 atom stereocenters. The summed E-state index contributed by atoms with van der Waals surface area (Å²) in [6.07, 6.45) is 0. The first-order valence-electron chi connectivity index (χ1n) is 5.49. The number of H-pyrrole nitrogens is 1. The highest BCUT2D eigenvalue weighted by atomic mass is 33.1. The van der Waals surface area contributed by atoms with Crippen LogP contribution in [0.5, 0.6) is 5.75 Å². The number of aromatic nitrogens is 2. The van der Waals surface area contributed by atoms with Gasteiger partial charge in [0.05, 0.1) is 14.2 Å². The van der Waals surface area contributed by atoms with Crippen LogP contribution in [-0.2, 0) is 16.2 Å². The lowest BCUT2D eigenvalue weighted by Gasteiger charge is -2.06. The molecule has 0 spiro atoms. The van der Waals surface area contributed by atoms with E-state index in [1.807, 2.05) is 0 Å². The zero-order valence-electron chi connectivity index (χ0n) is 10.8. The van der Waals surface area contributed by atoms with Crippen LogP contribution in [-0.4, -0.2) is 25.1 Å². The van der Waals surface area contributed by atoms with E-state index in [-0.39, 0.29) is 21.8 Å². The van der Waals surface area contributed by atoms with E-state index in [0.717, 1.165) is 0 Å². The molecule has 2 rings (SSSR count). The highest BCUT2D eigenvalue weighted by molar-refractivity contribution is 8.69. The number of nitrogens with two attached hydrogens (primary N) is 1. The number of imidazole rings is 1. The van der Waals surface area contributed by atoms with Crippen molar-refractivity contribution in [1.29, 1.82) is 0 Å². The predicted molar refractivity (Wildman–Crippen MR) is 73.9 cm³/mol. The molecule has 2 aromatic rings. The average Bonchev–Trinajstić information content (AvgIpc) is 2.65. The van der Waals surface area contributed by atoms with Gasteiger partial charge in [0.25, 0.3) is 0 Å². The molecular formula is C11H13N3O4S2. The number of aromatic amines is 1. The van der Waals surface area contributed by atoms with Crippen LogP contribution >= 0.6 is 10.8 Å². The van der Waals surface area contributed by atoms with Gasteiger partial charge in [-0.05, 0) is 24.3 Å². The maximum atomic E-state index is 11.0. The molecule has 3 N–H and O–H groups in total. The van der Waals surface area contributed by atoms with E-state index in [1.54, 1.807) is 38.4 Å². The second kappa shape index (κ2) is 5.35. The Hall–Kier alpha value is -1.71. The third-order valence-corrected chi connectivity index (χ3v) is 4.62. The molecule has 0 saturated carbocycles. The van der Waals surface area contributed by atoms with E-state index in [4.69, 9.17) is 10.5 Å². The number of nitrogen functional groups attached to an aromatic ring is 1. The first-order chi connectivity index (χ1) is 9.31. The number of ether oxygens (including phenoxy) is 1. The molecule has 0 bridgehead atoms. The molecule has 0 aliphatic carbocycles. The van der Waals surface area contributed by atoms with Crippen molar-refractivity contribution >= 4 is 25.9 Å². The SMILES string of the molecule is COc1ccc(-c2[nH]c(N)[n+](C)c2SS(=O)(=O)[O-])cc1. The van der Waals surface area contributed by atoms with Crippen LogP contribution in [0.4, 0.5) is 5.95 Å². The fourth-order valence-electron chi connectivity index (χ4n) is 1.69. The Labute approximate surface area is 119 Å². The number of benzene rings is 1. The Balaban J connectivity index is 2.52. The molecule has 0 amide bonds. The largest absolute Gasteiger partial charge is 0.739 e. The van der Waals surface area contributed by atoms with Crippen molar-refractivity contribution in [3.05, 3.63) is 24.3 Å². The maximum absolute atomic E-state index is 11.0. The molecule has 0 radical (unpaired) electrons. The van der Waals surface area contributed by atoms with Gasteiger partial charge in [-0.25, -0.2) is 18.0 Å². The first-order valence-corrected chi connectivity index (χ1v) is 8.23. The van der Waals surface area contributed by atoms with Gasteiger partial charge >= 0.3 is 5.95 Å². The smallest absolute Gasteiger partial charge is 0.353 e. The molecule has 0 aliphatic heterocycles. The Kier molecular flexibility index (Phi) is 3.93. The molecule has 1 heterocycles. The summed E-state index contributed by atoms with van der Waals surface area (Å²) in [5, 5.41) is 0.239. The third-order valence-electron chi connectivity index (χ3n) is 2.69. The molecule has 9 heteroatoms. The minimum Gasteiger partial charge on any atom is -0.739 e. The highest BCUT2D eigenvalue weighted by Gasteiger charge is 2.22. The monoisotopic (exact) mass is 315 g/mol. The van der Waals surface area contributed by atoms with E-state index >= 15 is 0 Å². The summed E-state index contributed by atoms with van der Waals surface area (Å²) in [5.74, 6) is 0.922. The van der Waals surface area contributed by atoms with Gasteiger partial charge in [-0.3, -0.25) is 5.73 Å². The van der Waals surface area contributed by atoms with Gasteiger partial charge in [-0.15, -0.1) is 0 Å². The molecule has 0 unspecified atom stereocenters. The third kappa shape index (κ3) is 3.06. The van der Waals surface area contributed by atoms with Crippen molar-refractivity contribution in [3.63, 3.8) is 0 Å². The molecular weight excluding hydrogens is 302 g/mol. The second-order valence-electron chi connectivity index (χ2n) is 3.97. The lowest BCUT2D eigenvalue weighted by molar-refractivity contribution is -0.691. The van der Waals surface area contributed by atoms with Gasteiger partial charge in [0.15, 0.2) is 19.9 Å². The van der Waals surface area contributed by atoms with Crippen LogP contribution in [0, 0.1) is 0 Å². The van der Waals surface area contributed by atoms with Crippen molar-refractivity contribution < 1.29 is 22.3 Å². The van der Waals surface area contributed by atoms with Gasteiger partial charge in [0.1, 0.15) is 5.75 Å². The van der Waals surface area contributed by atoms with E-state index in [9.17, 15) is 13.0 Å². The fourth-order valence-corrected chi connectivity index (χ4v) is 3.51. The van der Waals surface area contributed by atoms with Crippen LogP contribution in [0.15, 0.2) is 29.3 Å². The molecule has 0 aliphatic rings. The number of methoxy groups -OCH3 is 1. The molecule has 7 nitrogen and oxygen atoms in total. The minimum absolute atomic E-state index is 0.217. The number of rotatable bonds is 4. The number of hydrogen-bond acceptors (Lipinski definition) is 6. The average molecular weight is 315 g/mol. The van der Waals surface area contributed by atoms with Crippen LogP contribution in [0.2, 0.25) is 0 Å². The van der Waals surface area contributed by atoms with Crippen LogP contribution in [0.3, 0.4) is 0 Å². The van der Waals surface area contributed by atoms with Crippen LogP contribution in [0.1, 0.15) is 0 Å². The predicted octanol–water partition coefficient (Wildman–Crippen LogP) is 0.649. The quantitative estimate of drug-likeness (QED) is 0.487. The van der Waals surface area contributed by atoms with Crippen molar-refractivity contribution in [2.24, 2.45) is 7.05 Å². The Morgan fingerprint density at radius 2 is 1.95 bits per heavy atom. The van der Waals surface area contributed by atoms with Crippen LogP contribution < -0.4 is 15.0 Å². The summed E-state index contributed by atoms with van der Waals surface area (Å²) < 4.78 is 39.4. The Morgan fingerprint density at radius 3 is 2.45 bits per heavy atom. The number of hydrogen-bond donors (Lipinski definition) is 2. The number of anilines is 1. The molecule has 1 aromatic carbocycles. The van der Waals surface area contributed by atoms with Crippen molar-refractivity contribution in [3.8, 4) is 17.0 Å². The lowest BCUT2D eigenvalue weighted by atomic mass is 10.1. The topological polar surface area (TPSA) is 112 Å². The highest BCUT2D eigenvalue weighted by Crippen LogP contribution is 2.32. The summed E-state index contributed by atoms with van der Waals surface area (Å²) in [6.45, 7) is 0.